The average molecular weight is 259 g/mol. The molecular formula is C14H11ClN2O. The zero-order valence-electron chi connectivity index (χ0n) is 9.56. The third kappa shape index (κ3) is 2.93. The molecule has 0 saturated heterocycles. The molecule has 0 aromatic heterocycles. The molecule has 0 atom stereocenters. The van der Waals surface area contributed by atoms with Gasteiger partial charge in [0.25, 0.3) is 0 Å². The molecule has 3 nitrogen and oxygen atoms in total. The Balaban J connectivity index is 2.06. The number of rotatable bonds is 3. The van der Waals surface area contributed by atoms with Gasteiger partial charge in [-0.25, -0.2) is 0 Å². The number of nitrogens with two attached hydrogens (primary N) is 1. The number of hydrogen-bond donors (Lipinski definition) is 1. The van der Waals surface area contributed by atoms with E-state index in [1.54, 1.807) is 18.2 Å². The van der Waals surface area contributed by atoms with Crippen LogP contribution >= 0.6 is 11.6 Å². The van der Waals surface area contributed by atoms with Gasteiger partial charge in [0.2, 0.25) is 0 Å². The zero-order chi connectivity index (χ0) is 13.0. The van der Waals surface area contributed by atoms with E-state index in [9.17, 15) is 0 Å². The Morgan fingerprint density at radius 2 is 1.89 bits per heavy atom. The van der Waals surface area contributed by atoms with E-state index in [2.05, 4.69) is 0 Å². The van der Waals surface area contributed by atoms with Crippen molar-refractivity contribution in [1.29, 1.82) is 5.26 Å². The average Bonchev–Trinajstić information content (AvgIpc) is 2.39. The largest absolute Gasteiger partial charge is 0.489 e. The highest BCUT2D eigenvalue weighted by molar-refractivity contribution is 6.30. The van der Waals surface area contributed by atoms with Gasteiger partial charge in [-0.1, -0.05) is 23.7 Å². The Kier molecular flexibility index (Phi) is 3.71. The fraction of sp³-hybridized carbons (Fsp3) is 0.0714. The number of nitriles is 1. The van der Waals surface area contributed by atoms with Crippen LogP contribution in [0.3, 0.4) is 0 Å². The maximum atomic E-state index is 8.86. The van der Waals surface area contributed by atoms with Crippen LogP contribution in [0.15, 0.2) is 42.5 Å². The summed E-state index contributed by atoms with van der Waals surface area (Å²) in [4.78, 5) is 0. The minimum Gasteiger partial charge on any atom is -0.489 e. The Hall–Kier alpha value is -2.18. The van der Waals surface area contributed by atoms with Crippen LogP contribution in [0.25, 0.3) is 0 Å². The minimum atomic E-state index is 0.420. The molecule has 0 saturated carbocycles. The number of nitrogens with zero attached hydrogens (tertiary/aromatic N) is 1. The van der Waals surface area contributed by atoms with Crippen molar-refractivity contribution in [2.75, 3.05) is 5.73 Å². The van der Waals surface area contributed by atoms with Crippen molar-refractivity contribution in [2.45, 2.75) is 6.61 Å². The molecule has 2 aromatic carbocycles. The van der Waals surface area contributed by atoms with Crippen LogP contribution in [0, 0.1) is 11.3 Å². The molecule has 0 amide bonds. The summed E-state index contributed by atoms with van der Waals surface area (Å²) < 4.78 is 5.58. The van der Waals surface area contributed by atoms with E-state index in [1.807, 2.05) is 30.3 Å². The van der Waals surface area contributed by atoms with Gasteiger partial charge in [0.05, 0.1) is 5.56 Å². The number of halogens is 1. The van der Waals surface area contributed by atoms with Gasteiger partial charge in [-0.15, -0.1) is 0 Å². The first kappa shape index (κ1) is 12.3. The molecule has 4 heteroatoms. The first-order valence-electron chi connectivity index (χ1n) is 5.36. The van der Waals surface area contributed by atoms with Gasteiger partial charge in [0.15, 0.2) is 0 Å². The molecule has 0 aliphatic rings. The first-order chi connectivity index (χ1) is 8.69. The van der Waals surface area contributed by atoms with E-state index in [-0.39, 0.29) is 0 Å². The third-order valence-corrected chi connectivity index (χ3v) is 2.72. The van der Waals surface area contributed by atoms with Gasteiger partial charge in [-0.3, -0.25) is 0 Å². The molecule has 0 heterocycles. The van der Waals surface area contributed by atoms with Crippen LogP contribution in [0.5, 0.6) is 5.75 Å². The van der Waals surface area contributed by atoms with Crippen molar-refractivity contribution >= 4 is 17.3 Å². The van der Waals surface area contributed by atoms with Crippen LogP contribution in [-0.4, -0.2) is 0 Å². The molecule has 0 bridgehead atoms. The zero-order valence-corrected chi connectivity index (χ0v) is 10.3. The van der Waals surface area contributed by atoms with Crippen molar-refractivity contribution in [3.63, 3.8) is 0 Å². The highest BCUT2D eigenvalue weighted by atomic mass is 35.5. The maximum Gasteiger partial charge on any atom is 0.121 e. The number of ether oxygens (including phenoxy) is 1. The van der Waals surface area contributed by atoms with Crippen molar-refractivity contribution in [3.8, 4) is 11.8 Å². The number of anilines is 1. The Labute approximate surface area is 110 Å². The summed E-state index contributed by atoms with van der Waals surface area (Å²) in [6.45, 7) is 0.423. The van der Waals surface area contributed by atoms with E-state index in [0.29, 0.717) is 28.6 Å². The van der Waals surface area contributed by atoms with E-state index >= 15 is 0 Å². The first-order valence-corrected chi connectivity index (χ1v) is 5.73. The second-order valence-corrected chi connectivity index (χ2v) is 4.21. The van der Waals surface area contributed by atoms with Gasteiger partial charge in [0, 0.05) is 10.7 Å². The van der Waals surface area contributed by atoms with Crippen molar-refractivity contribution in [2.24, 2.45) is 0 Å². The van der Waals surface area contributed by atoms with Gasteiger partial charge in [0.1, 0.15) is 18.4 Å². The van der Waals surface area contributed by atoms with Gasteiger partial charge >= 0.3 is 0 Å². The molecule has 0 aliphatic heterocycles. The lowest BCUT2D eigenvalue weighted by molar-refractivity contribution is 0.306. The highest BCUT2D eigenvalue weighted by Gasteiger charge is 2.01. The van der Waals surface area contributed by atoms with Gasteiger partial charge in [-0.05, 0) is 35.9 Å². The summed E-state index contributed by atoms with van der Waals surface area (Å²) in [6, 6.07) is 14.5. The fourth-order valence-electron chi connectivity index (χ4n) is 1.47. The van der Waals surface area contributed by atoms with Crippen LogP contribution in [-0.2, 0) is 6.61 Å². The smallest absolute Gasteiger partial charge is 0.121 e. The lowest BCUT2D eigenvalue weighted by Gasteiger charge is -2.07. The summed E-state index contributed by atoms with van der Waals surface area (Å²) in [6.07, 6.45) is 0. The summed E-state index contributed by atoms with van der Waals surface area (Å²) in [5.41, 5.74) is 7.52. The van der Waals surface area contributed by atoms with Crippen LogP contribution < -0.4 is 10.5 Å². The lowest BCUT2D eigenvalue weighted by atomic mass is 10.2. The predicted octanol–water partition coefficient (Wildman–Crippen LogP) is 3.37. The monoisotopic (exact) mass is 258 g/mol. The second-order valence-electron chi connectivity index (χ2n) is 3.78. The van der Waals surface area contributed by atoms with Crippen molar-refractivity contribution < 1.29 is 4.74 Å². The van der Waals surface area contributed by atoms with Crippen molar-refractivity contribution in [1.82, 2.24) is 0 Å². The van der Waals surface area contributed by atoms with Gasteiger partial charge < -0.3 is 10.5 Å². The maximum absolute atomic E-state index is 8.86. The Bertz CT molecular complexity index is 588. The quantitative estimate of drug-likeness (QED) is 0.859. The van der Waals surface area contributed by atoms with E-state index < -0.39 is 0 Å². The van der Waals surface area contributed by atoms with E-state index in [0.717, 1.165) is 5.56 Å². The fourth-order valence-corrected chi connectivity index (χ4v) is 1.60. The van der Waals surface area contributed by atoms with Crippen LogP contribution in [0.1, 0.15) is 11.1 Å². The molecule has 0 radical (unpaired) electrons. The summed E-state index contributed by atoms with van der Waals surface area (Å²) in [5, 5.41) is 9.55. The molecule has 18 heavy (non-hydrogen) atoms. The molecule has 90 valence electrons. The van der Waals surface area contributed by atoms with Crippen LogP contribution in [0.4, 0.5) is 5.69 Å². The Morgan fingerprint density at radius 3 is 2.56 bits per heavy atom. The predicted molar refractivity (Wildman–Crippen MR) is 71.4 cm³/mol. The van der Waals surface area contributed by atoms with Crippen LogP contribution in [0.2, 0.25) is 5.02 Å². The number of nitrogen functional groups attached to an aromatic ring is 1. The summed E-state index contributed by atoms with van der Waals surface area (Å²) in [7, 11) is 0. The lowest BCUT2D eigenvalue weighted by Crippen LogP contribution is -1.97. The second kappa shape index (κ2) is 5.44. The highest BCUT2D eigenvalue weighted by Crippen LogP contribution is 2.20. The SMILES string of the molecule is N#Cc1cc(OCc2ccc(Cl)cc2)ccc1N. The van der Waals surface area contributed by atoms with E-state index in [1.165, 1.54) is 0 Å². The molecule has 2 aromatic rings. The molecule has 0 spiro atoms. The normalized spacial score (nSPS) is 9.78. The Morgan fingerprint density at radius 1 is 1.17 bits per heavy atom. The van der Waals surface area contributed by atoms with Crippen molar-refractivity contribution in [3.05, 3.63) is 58.6 Å². The summed E-state index contributed by atoms with van der Waals surface area (Å²) >= 11 is 5.80. The molecule has 2 N–H and O–H groups in total. The molecular weight excluding hydrogens is 248 g/mol. The minimum absolute atomic E-state index is 0.420. The van der Waals surface area contributed by atoms with E-state index in [4.69, 9.17) is 27.3 Å². The summed E-state index contributed by atoms with van der Waals surface area (Å²) in [5.74, 6) is 0.621. The standard InChI is InChI=1S/C14H11ClN2O/c15-12-3-1-10(2-4-12)9-18-13-5-6-14(17)11(7-13)8-16/h1-7H,9,17H2. The third-order valence-electron chi connectivity index (χ3n) is 2.46. The number of hydrogen-bond acceptors (Lipinski definition) is 3. The topological polar surface area (TPSA) is 59.0 Å². The van der Waals surface area contributed by atoms with Gasteiger partial charge in [-0.2, -0.15) is 5.26 Å². The molecule has 0 unspecified atom stereocenters. The molecule has 0 aliphatic carbocycles. The number of benzene rings is 2. The molecule has 0 fully saturated rings. The molecule has 2 rings (SSSR count).